The van der Waals surface area contributed by atoms with Crippen LogP contribution < -0.4 is 15.8 Å². The fourth-order valence-electron chi connectivity index (χ4n) is 2.60. The Labute approximate surface area is 153 Å². The zero-order chi connectivity index (χ0) is 18.0. The van der Waals surface area contributed by atoms with Crippen LogP contribution in [0.25, 0.3) is 10.9 Å². The number of halogens is 1. The van der Waals surface area contributed by atoms with Gasteiger partial charge < -0.3 is 15.2 Å². The maximum absolute atomic E-state index is 12.6. The molecule has 0 saturated carbocycles. The molecule has 1 heterocycles. The van der Waals surface area contributed by atoms with Crippen molar-refractivity contribution in [3.63, 3.8) is 0 Å². The molecule has 0 aliphatic rings. The minimum atomic E-state index is -0.296. The van der Waals surface area contributed by atoms with Gasteiger partial charge in [-0.05, 0) is 35.9 Å². The van der Waals surface area contributed by atoms with E-state index in [0.717, 1.165) is 15.7 Å². The zero-order valence-electron chi connectivity index (χ0n) is 14.0. The van der Waals surface area contributed by atoms with E-state index < -0.39 is 0 Å². The highest BCUT2D eigenvalue weighted by atomic mass is 79.9. The first-order valence-electron chi connectivity index (χ1n) is 7.81. The average Bonchev–Trinajstić information content (AvgIpc) is 2.59. The lowest BCUT2D eigenvalue weighted by molar-refractivity contribution is 0.0952. The van der Waals surface area contributed by atoms with Gasteiger partial charge in [-0.2, -0.15) is 0 Å². The van der Waals surface area contributed by atoms with Crippen LogP contribution in [0, 0.1) is 0 Å². The van der Waals surface area contributed by atoms with Crippen molar-refractivity contribution in [2.75, 3.05) is 19.0 Å². The Kier molecular flexibility index (Phi) is 4.90. The van der Waals surface area contributed by atoms with Crippen LogP contribution in [0.5, 0.6) is 0 Å². The minimum Gasteiger partial charge on any atom is -0.378 e. The molecule has 128 valence electrons. The van der Waals surface area contributed by atoms with Crippen molar-refractivity contribution in [1.29, 1.82) is 0 Å². The summed E-state index contributed by atoms with van der Waals surface area (Å²) in [5.41, 5.74) is 2.80. The largest absolute Gasteiger partial charge is 0.378 e. The van der Waals surface area contributed by atoms with Gasteiger partial charge in [0.25, 0.3) is 5.91 Å². The van der Waals surface area contributed by atoms with Crippen LogP contribution >= 0.6 is 15.9 Å². The molecule has 0 bridgehead atoms. The zero-order valence-corrected chi connectivity index (χ0v) is 15.6. The van der Waals surface area contributed by atoms with E-state index in [1.807, 2.05) is 55.4 Å². The number of anilines is 1. The summed E-state index contributed by atoms with van der Waals surface area (Å²) in [6, 6.07) is 14.7. The maximum atomic E-state index is 12.6. The molecule has 1 amide bonds. The highest BCUT2D eigenvalue weighted by Gasteiger charge is 2.12. The van der Waals surface area contributed by atoms with Crippen LogP contribution in [0.15, 0.2) is 57.8 Å². The molecule has 0 unspecified atom stereocenters. The number of H-pyrrole nitrogens is 1. The molecule has 2 aromatic carbocycles. The average molecular weight is 400 g/mol. The van der Waals surface area contributed by atoms with Gasteiger partial charge in [-0.1, -0.05) is 28.1 Å². The highest BCUT2D eigenvalue weighted by molar-refractivity contribution is 9.10. The van der Waals surface area contributed by atoms with Crippen LogP contribution in [0.2, 0.25) is 0 Å². The second kappa shape index (κ2) is 7.11. The number of nitrogens with zero attached hydrogens (tertiary/aromatic N) is 1. The predicted octanol–water partition coefficient (Wildman–Crippen LogP) is 3.29. The molecular formula is C19H18BrN3O2. The quantitative estimate of drug-likeness (QED) is 0.707. The number of nitrogens with one attached hydrogen (secondary N) is 2. The number of carbonyl (C=O) groups excluding carboxylic acids is 1. The van der Waals surface area contributed by atoms with Crippen molar-refractivity contribution >= 4 is 38.4 Å². The van der Waals surface area contributed by atoms with Gasteiger partial charge in [-0.3, -0.25) is 9.59 Å². The molecule has 5 nitrogen and oxygen atoms in total. The van der Waals surface area contributed by atoms with Gasteiger partial charge in [0.15, 0.2) is 0 Å². The summed E-state index contributed by atoms with van der Waals surface area (Å²) in [4.78, 5) is 29.2. The van der Waals surface area contributed by atoms with Gasteiger partial charge in [-0.25, -0.2) is 0 Å². The topological polar surface area (TPSA) is 65.2 Å². The van der Waals surface area contributed by atoms with E-state index in [4.69, 9.17) is 0 Å². The van der Waals surface area contributed by atoms with E-state index in [1.165, 1.54) is 6.07 Å². The molecule has 6 heteroatoms. The number of aromatic nitrogens is 1. The number of pyridine rings is 1. The van der Waals surface area contributed by atoms with Crippen LogP contribution in [0.1, 0.15) is 15.9 Å². The summed E-state index contributed by atoms with van der Waals surface area (Å²) in [6.45, 7) is 0.398. The van der Waals surface area contributed by atoms with Gasteiger partial charge in [-0.15, -0.1) is 0 Å². The number of benzene rings is 2. The van der Waals surface area contributed by atoms with Crippen LogP contribution in [0.3, 0.4) is 0 Å². The smallest absolute Gasteiger partial charge is 0.252 e. The monoisotopic (exact) mass is 399 g/mol. The molecule has 0 atom stereocenters. The lowest BCUT2D eigenvalue weighted by Gasteiger charge is -2.13. The first-order valence-corrected chi connectivity index (χ1v) is 8.60. The molecular weight excluding hydrogens is 382 g/mol. The molecule has 0 aliphatic carbocycles. The van der Waals surface area contributed by atoms with Gasteiger partial charge in [0.2, 0.25) is 5.56 Å². The van der Waals surface area contributed by atoms with E-state index in [-0.39, 0.29) is 11.5 Å². The van der Waals surface area contributed by atoms with Gasteiger partial charge in [0.1, 0.15) is 0 Å². The fraction of sp³-hybridized carbons (Fsp3) is 0.158. The molecule has 0 fully saturated rings. The lowest BCUT2D eigenvalue weighted by atomic mass is 10.1. The summed E-state index contributed by atoms with van der Waals surface area (Å²) >= 11 is 3.40. The number of hydrogen-bond acceptors (Lipinski definition) is 3. The Morgan fingerprint density at radius 3 is 2.52 bits per heavy atom. The van der Waals surface area contributed by atoms with Gasteiger partial charge in [0.05, 0.1) is 5.56 Å². The van der Waals surface area contributed by atoms with E-state index in [2.05, 4.69) is 26.2 Å². The molecule has 1 aromatic heterocycles. The van der Waals surface area contributed by atoms with Crippen molar-refractivity contribution < 1.29 is 4.79 Å². The van der Waals surface area contributed by atoms with Crippen molar-refractivity contribution in [2.45, 2.75) is 6.54 Å². The Hall–Kier alpha value is -2.60. The summed E-state index contributed by atoms with van der Waals surface area (Å²) in [5, 5.41) is 3.59. The standard InChI is InChI=1S/C19H18BrN3O2/c1-23(2)14-6-3-12(4-7-14)11-21-19(25)16-10-18(24)22-17-8-5-13(20)9-15(16)17/h3-10H,11H2,1-2H3,(H,21,25)(H,22,24). The first kappa shape index (κ1) is 17.2. The summed E-state index contributed by atoms with van der Waals surface area (Å²) in [7, 11) is 3.96. The molecule has 3 aromatic rings. The van der Waals surface area contributed by atoms with E-state index in [9.17, 15) is 9.59 Å². The Balaban J connectivity index is 1.82. The summed E-state index contributed by atoms with van der Waals surface area (Å²) in [6.07, 6.45) is 0. The number of hydrogen-bond donors (Lipinski definition) is 2. The predicted molar refractivity (Wildman–Crippen MR) is 104 cm³/mol. The van der Waals surface area contributed by atoms with E-state index >= 15 is 0 Å². The van der Waals surface area contributed by atoms with Crippen LogP contribution in [-0.4, -0.2) is 25.0 Å². The van der Waals surface area contributed by atoms with Gasteiger partial charge >= 0.3 is 0 Å². The first-order chi connectivity index (χ1) is 11.9. The number of carbonyl (C=O) groups is 1. The number of rotatable bonds is 4. The highest BCUT2D eigenvalue weighted by Crippen LogP contribution is 2.20. The van der Waals surface area contributed by atoms with E-state index in [1.54, 1.807) is 6.07 Å². The number of amides is 1. The third-order valence-electron chi connectivity index (χ3n) is 3.96. The minimum absolute atomic E-state index is 0.272. The molecule has 2 N–H and O–H groups in total. The van der Waals surface area contributed by atoms with Crippen LogP contribution in [-0.2, 0) is 6.54 Å². The summed E-state index contributed by atoms with van der Waals surface area (Å²) in [5.74, 6) is -0.272. The van der Waals surface area contributed by atoms with Crippen LogP contribution in [0.4, 0.5) is 5.69 Å². The van der Waals surface area contributed by atoms with E-state index in [0.29, 0.717) is 23.0 Å². The molecule has 0 radical (unpaired) electrons. The Bertz CT molecular complexity index is 978. The Morgan fingerprint density at radius 2 is 1.84 bits per heavy atom. The number of aromatic amines is 1. The molecule has 0 spiro atoms. The normalized spacial score (nSPS) is 10.7. The fourth-order valence-corrected chi connectivity index (χ4v) is 2.96. The lowest BCUT2D eigenvalue weighted by Crippen LogP contribution is -2.24. The maximum Gasteiger partial charge on any atom is 0.252 e. The summed E-state index contributed by atoms with van der Waals surface area (Å²) < 4.78 is 0.848. The SMILES string of the molecule is CN(C)c1ccc(CNC(=O)c2cc(=O)[nH]c3ccc(Br)cc23)cc1. The molecule has 0 aliphatic heterocycles. The molecule has 25 heavy (non-hydrogen) atoms. The van der Waals surface area contributed by atoms with Crippen molar-refractivity contribution in [1.82, 2.24) is 10.3 Å². The molecule has 3 rings (SSSR count). The van der Waals surface area contributed by atoms with Crippen molar-refractivity contribution in [3.8, 4) is 0 Å². The Morgan fingerprint density at radius 1 is 1.12 bits per heavy atom. The second-order valence-corrected chi connectivity index (χ2v) is 6.90. The van der Waals surface area contributed by atoms with Gasteiger partial charge in [0, 0.05) is 47.8 Å². The molecule has 0 saturated heterocycles. The third-order valence-corrected chi connectivity index (χ3v) is 4.45. The second-order valence-electron chi connectivity index (χ2n) is 5.98. The number of fused-ring (bicyclic) bond motifs is 1. The van der Waals surface area contributed by atoms with Crippen molar-refractivity contribution in [2.24, 2.45) is 0 Å². The third kappa shape index (κ3) is 3.91. The van der Waals surface area contributed by atoms with Crippen molar-refractivity contribution in [3.05, 3.63) is 74.5 Å².